The number of ether oxygens (including phenoxy) is 1. The highest BCUT2D eigenvalue weighted by Gasteiger charge is 1.95. The average molecular weight is 305 g/mol. The van der Waals surface area contributed by atoms with Gasteiger partial charge in [-0.3, -0.25) is 0 Å². The summed E-state index contributed by atoms with van der Waals surface area (Å²) >= 11 is 5.85. The first-order valence-electron chi connectivity index (χ1n) is 7.24. The van der Waals surface area contributed by atoms with Crippen LogP contribution in [-0.4, -0.2) is 19.7 Å². The Morgan fingerprint density at radius 2 is 1.38 bits per heavy atom. The summed E-state index contributed by atoms with van der Waals surface area (Å²) < 4.78 is 5.55. The van der Waals surface area contributed by atoms with Gasteiger partial charge in [0.15, 0.2) is 0 Å². The van der Waals surface area contributed by atoms with Crippen LogP contribution in [0.1, 0.15) is 13.3 Å². The zero-order valence-electron chi connectivity index (χ0n) is 12.2. The lowest BCUT2D eigenvalue weighted by Crippen LogP contribution is -2.13. The highest BCUT2D eigenvalue weighted by molar-refractivity contribution is 6.30. The van der Waals surface area contributed by atoms with Gasteiger partial charge in [-0.15, -0.1) is 0 Å². The van der Waals surface area contributed by atoms with E-state index in [1.54, 1.807) is 0 Å². The van der Waals surface area contributed by atoms with Crippen LogP contribution in [0.2, 0.25) is 5.02 Å². The zero-order chi connectivity index (χ0) is 14.9. The lowest BCUT2D eigenvalue weighted by molar-refractivity contribution is 0.317. The van der Waals surface area contributed by atoms with Gasteiger partial charge in [0, 0.05) is 29.5 Å². The molecule has 2 N–H and O–H groups in total. The molecule has 0 aromatic heterocycles. The van der Waals surface area contributed by atoms with E-state index in [0.717, 1.165) is 48.3 Å². The van der Waals surface area contributed by atoms with Crippen molar-refractivity contribution in [3.05, 3.63) is 53.6 Å². The fourth-order valence-electron chi connectivity index (χ4n) is 1.87. The molecule has 0 atom stereocenters. The summed E-state index contributed by atoms with van der Waals surface area (Å²) in [6, 6.07) is 15.8. The Kier molecular flexibility index (Phi) is 6.22. The Morgan fingerprint density at radius 3 is 1.90 bits per heavy atom. The van der Waals surface area contributed by atoms with Gasteiger partial charge in [0.25, 0.3) is 0 Å². The summed E-state index contributed by atoms with van der Waals surface area (Å²) in [5.41, 5.74) is 2.17. The summed E-state index contributed by atoms with van der Waals surface area (Å²) in [6.07, 6.45) is 1.02. The zero-order valence-corrected chi connectivity index (χ0v) is 13.0. The fraction of sp³-hybridized carbons (Fsp3) is 0.294. The van der Waals surface area contributed by atoms with Gasteiger partial charge in [-0.25, -0.2) is 0 Å². The molecule has 0 aliphatic carbocycles. The molecule has 3 nitrogen and oxygen atoms in total. The number of anilines is 2. The van der Waals surface area contributed by atoms with Crippen LogP contribution in [0.5, 0.6) is 5.75 Å². The summed E-state index contributed by atoms with van der Waals surface area (Å²) in [6.45, 7) is 4.55. The number of rotatable bonds is 8. The third-order valence-electron chi connectivity index (χ3n) is 2.95. The molecule has 0 saturated heterocycles. The normalized spacial score (nSPS) is 10.2. The topological polar surface area (TPSA) is 33.3 Å². The van der Waals surface area contributed by atoms with Crippen molar-refractivity contribution in [1.82, 2.24) is 0 Å². The summed E-state index contributed by atoms with van der Waals surface area (Å²) in [7, 11) is 0. The molecule has 0 radical (unpaired) electrons. The van der Waals surface area contributed by atoms with E-state index in [2.05, 4.69) is 17.6 Å². The van der Waals surface area contributed by atoms with Crippen LogP contribution in [0.25, 0.3) is 0 Å². The predicted octanol–water partition coefficient (Wildman–Crippen LogP) is 4.65. The van der Waals surface area contributed by atoms with Crippen molar-refractivity contribution in [3.8, 4) is 5.75 Å². The molecule has 2 rings (SSSR count). The molecule has 2 aromatic carbocycles. The minimum absolute atomic E-state index is 0.754. The molecule has 21 heavy (non-hydrogen) atoms. The Bertz CT molecular complexity index is 525. The number of hydrogen-bond donors (Lipinski definition) is 2. The second kappa shape index (κ2) is 8.42. The number of halogens is 1. The van der Waals surface area contributed by atoms with Crippen molar-refractivity contribution in [2.45, 2.75) is 13.3 Å². The van der Waals surface area contributed by atoms with Crippen molar-refractivity contribution in [2.24, 2.45) is 0 Å². The van der Waals surface area contributed by atoms with Gasteiger partial charge >= 0.3 is 0 Å². The molecule has 0 unspecified atom stereocenters. The molecule has 0 aliphatic rings. The second-order valence-corrected chi connectivity index (χ2v) is 5.17. The van der Waals surface area contributed by atoms with Crippen LogP contribution >= 0.6 is 11.6 Å². The van der Waals surface area contributed by atoms with Gasteiger partial charge in [0.05, 0.1) is 6.61 Å². The van der Waals surface area contributed by atoms with Gasteiger partial charge in [-0.1, -0.05) is 18.5 Å². The smallest absolute Gasteiger partial charge is 0.119 e. The second-order valence-electron chi connectivity index (χ2n) is 4.73. The first-order valence-corrected chi connectivity index (χ1v) is 7.62. The van der Waals surface area contributed by atoms with Crippen molar-refractivity contribution >= 4 is 23.0 Å². The molecule has 0 amide bonds. The molecule has 2 aromatic rings. The minimum Gasteiger partial charge on any atom is -0.494 e. The summed E-state index contributed by atoms with van der Waals surface area (Å²) in [5, 5.41) is 7.45. The van der Waals surface area contributed by atoms with E-state index in [1.807, 2.05) is 48.5 Å². The molecule has 4 heteroatoms. The Labute approximate surface area is 131 Å². The maximum absolute atomic E-state index is 5.85. The molecule has 112 valence electrons. The highest BCUT2D eigenvalue weighted by atomic mass is 35.5. The van der Waals surface area contributed by atoms with Crippen LogP contribution < -0.4 is 15.4 Å². The molecule has 0 bridgehead atoms. The first-order chi connectivity index (χ1) is 10.3. The maximum Gasteiger partial charge on any atom is 0.119 e. The lowest BCUT2D eigenvalue weighted by atomic mass is 10.3. The van der Waals surface area contributed by atoms with Crippen LogP contribution in [0.4, 0.5) is 11.4 Å². The van der Waals surface area contributed by atoms with E-state index in [0.29, 0.717) is 0 Å². The van der Waals surface area contributed by atoms with E-state index in [-0.39, 0.29) is 0 Å². The minimum atomic E-state index is 0.754. The van der Waals surface area contributed by atoms with Gasteiger partial charge in [0.1, 0.15) is 5.75 Å². The van der Waals surface area contributed by atoms with Gasteiger partial charge in [-0.2, -0.15) is 0 Å². The third kappa shape index (κ3) is 5.56. The van der Waals surface area contributed by atoms with Crippen molar-refractivity contribution in [3.63, 3.8) is 0 Å². The first kappa shape index (κ1) is 15.5. The molecule has 0 saturated carbocycles. The molecule has 0 aliphatic heterocycles. The quantitative estimate of drug-likeness (QED) is 0.696. The van der Waals surface area contributed by atoms with Crippen LogP contribution in [0.15, 0.2) is 48.5 Å². The number of nitrogens with one attached hydrogen (secondary N) is 2. The van der Waals surface area contributed by atoms with Crippen LogP contribution in [-0.2, 0) is 0 Å². The lowest BCUT2D eigenvalue weighted by Gasteiger charge is -2.10. The Hall–Kier alpha value is -1.87. The molecular formula is C17H21ClN2O. The standard InChI is InChI=1S/C17H21ClN2O/c1-2-13-21-17-9-7-16(8-10-17)20-12-11-19-15-5-3-14(18)4-6-15/h3-10,19-20H,2,11-13H2,1H3. The number of hydrogen-bond acceptors (Lipinski definition) is 3. The molecule has 0 spiro atoms. The van der Waals surface area contributed by atoms with Crippen molar-refractivity contribution in [1.29, 1.82) is 0 Å². The van der Waals surface area contributed by atoms with E-state index >= 15 is 0 Å². The maximum atomic E-state index is 5.85. The summed E-state index contributed by atoms with van der Waals surface area (Å²) in [5.74, 6) is 0.918. The molecule has 0 heterocycles. The fourth-order valence-corrected chi connectivity index (χ4v) is 2.00. The SMILES string of the molecule is CCCOc1ccc(NCCNc2ccc(Cl)cc2)cc1. The van der Waals surface area contributed by atoms with Gasteiger partial charge in [0.2, 0.25) is 0 Å². The van der Waals surface area contributed by atoms with E-state index in [1.165, 1.54) is 0 Å². The average Bonchev–Trinajstić information content (AvgIpc) is 2.52. The van der Waals surface area contributed by atoms with E-state index < -0.39 is 0 Å². The van der Waals surface area contributed by atoms with E-state index in [4.69, 9.17) is 16.3 Å². The van der Waals surface area contributed by atoms with Gasteiger partial charge < -0.3 is 15.4 Å². The van der Waals surface area contributed by atoms with Crippen molar-refractivity contribution < 1.29 is 4.74 Å². The highest BCUT2D eigenvalue weighted by Crippen LogP contribution is 2.16. The predicted molar refractivity (Wildman–Crippen MR) is 90.7 cm³/mol. The largest absolute Gasteiger partial charge is 0.494 e. The molecular weight excluding hydrogens is 284 g/mol. The third-order valence-corrected chi connectivity index (χ3v) is 3.21. The van der Waals surface area contributed by atoms with Crippen molar-refractivity contribution in [2.75, 3.05) is 30.3 Å². The number of benzene rings is 2. The molecule has 0 fully saturated rings. The summed E-state index contributed by atoms with van der Waals surface area (Å²) in [4.78, 5) is 0. The Balaban J connectivity index is 1.69. The Morgan fingerprint density at radius 1 is 0.857 bits per heavy atom. The van der Waals surface area contributed by atoms with Gasteiger partial charge in [-0.05, 0) is 55.0 Å². The van der Waals surface area contributed by atoms with E-state index in [9.17, 15) is 0 Å². The van der Waals surface area contributed by atoms with Crippen LogP contribution in [0, 0.1) is 0 Å². The monoisotopic (exact) mass is 304 g/mol. The van der Waals surface area contributed by atoms with Crippen LogP contribution in [0.3, 0.4) is 0 Å².